The zero-order valence-electron chi connectivity index (χ0n) is 14.6. The van der Waals surface area contributed by atoms with Crippen molar-refractivity contribution < 1.29 is 13.2 Å². The highest BCUT2D eigenvalue weighted by Gasteiger charge is 2.50. The van der Waals surface area contributed by atoms with Gasteiger partial charge in [0.05, 0.1) is 23.8 Å². The summed E-state index contributed by atoms with van der Waals surface area (Å²) < 4.78 is 26.4. The molecule has 2 aromatic rings. The predicted octanol–water partition coefficient (Wildman–Crippen LogP) is 0.754. The van der Waals surface area contributed by atoms with Crippen LogP contribution < -0.4 is 0 Å². The molecule has 1 amide bonds. The van der Waals surface area contributed by atoms with Crippen molar-refractivity contribution in [1.82, 2.24) is 24.2 Å². The van der Waals surface area contributed by atoms with Gasteiger partial charge in [-0.05, 0) is 25.0 Å². The van der Waals surface area contributed by atoms with Gasteiger partial charge in [-0.3, -0.25) is 9.78 Å². The van der Waals surface area contributed by atoms with E-state index in [9.17, 15) is 13.2 Å². The molecule has 1 saturated heterocycles. The Labute approximate surface area is 152 Å². The van der Waals surface area contributed by atoms with Crippen LogP contribution in [0.4, 0.5) is 0 Å². The molecule has 26 heavy (non-hydrogen) atoms. The number of nitrogens with zero attached hydrogens (tertiary/aromatic N) is 4. The van der Waals surface area contributed by atoms with Gasteiger partial charge < -0.3 is 9.88 Å². The first-order valence-electron chi connectivity index (χ1n) is 8.63. The van der Waals surface area contributed by atoms with Gasteiger partial charge in [-0.15, -0.1) is 0 Å². The number of hydrogen-bond donors (Lipinski definition) is 1. The fraction of sp³-hybridized carbons (Fsp3) is 0.471. The number of sulfonamides is 1. The van der Waals surface area contributed by atoms with Gasteiger partial charge in [-0.2, -0.15) is 4.31 Å². The number of carbonyl (C=O) groups excluding carboxylic acids is 1. The topological polar surface area (TPSA) is 99.3 Å². The van der Waals surface area contributed by atoms with E-state index in [1.54, 1.807) is 39.9 Å². The van der Waals surface area contributed by atoms with Crippen LogP contribution in [0.1, 0.15) is 34.7 Å². The maximum Gasteiger partial charge on any atom is 0.272 e. The van der Waals surface area contributed by atoms with Crippen LogP contribution in [-0.2, 0) is 22.0 Å². The number of piperidine rings is 1. The zero-order chi connectivity index (χ0) is 18.4. The summed E-state index contributed by atoms with van der Waals surface area (Å²) in [7, 11) is -3.38. The Balaban J connectivity index is 1.63. The third-order valence-corrected chi connectivity index (χ3v) is 6.70. The SMILES string of the molecule is CS(=O)(=O)N1CCc2[nH]cnc2C12CCN(C(=O)c1ccccn1)CC2. The fourth-order valence-corrected chi connectivity index (χ4v) is 5.49. The highest BCUT2D eigenvalue weighted by Crippen LogP contribution is 2.43. The van der Waals surface area contributed by atoms with Crippen molar-refractivity contribution in [3.63, 3.8) is 0 Å². The molecule has 4 heterocycles. The van der Waals surface area contributed by atoms with Gasteiger partial charge in [0.2, 0.25) is 10.0 Å². The van der Waals surface area contributed by atoms with Crippen molar-refractivity contribution >= 4 is 15.9 Å². The van der Waals surface area contributed by atoms with Gasteiger partial charge >= 0.3 is 0 Å². The molecule has 0 unspecified atom stereocenters. The summed E-state index contributed by atoms with van der Waals surface area (Å²) >= 11 is 0. The average molecular weight is 375 g/mol. The Morgan fingerprint density at radius 2 is 1.96 bits per heavy atom. The number of hydrogen-bond acceptors (Lipinski definition) is 5. The Bertz CT molecular complexity index is 917. The summed E-state index contributed by atoms with van der Waals surface area (Å²) in [5.74, 6) is -0.121. The van der Waals surface area contributed by atoms with E-state index in [1.165, 1.54) is 6.26 Å². The van der Waals surface area contributed by atoms with Gasteiger partial charge in [0.1, 0.15) is 5.69 Å². The van der Waals surface area contributed by atoms with Crippen LogP contribution >= 0.6 is 0 Å². The Morgan fingerprint density at radius 3 is 2.62 bits per heavy atom. The third kappa shape index (κ3) is 2.71. The zero-order valence-corrected chi connectivity index (χ0v) is 15.4. The van der Waals surface area contributed by atoms with Crippen molar-refractivity contribution in [1.29, 1.82) is 0 Å². The Morgan fingerprint density at radius 1 is 1.19 bits per heavy atom. The van der Waals surface area contributed by atoms with E-state index < -0.39 is 15.6 Å². The number of aromatic nitrogens is 3. The molecule has 1 N–H and O–H groups in total. The number of rotatable bonds is 2. The third-order valence-electron chi connectivity index (χ3n) is 5.36. The van der Waals surface area contributed by atoms with Crippen molar-refractivity contribution in [3.05, 3.63) is 47.8 Å². The number of H-pyrrole nitrogens is 1. The van der Waals surface area contributed by atoms with E-state index in [0.29, 0.717) is 44.6 Å². The first-order chi connectivity index (χ1) is 12.4. The van der Waals surface area contributed by atoms with Crippen LogP contribution in [0.15, 0.2) is 30.7 Å². The van der Waals surface area contributed by atoms with E-state index >= 15 is 0 Å². The lowest BCUT2D eigenvalue weighted by Gasteiger charge is -2.49. The number of fused-ring (bicyclic) bond motifs is 2. The molecule has 9 heteroatoms. The summed E-state index contributed by atoms with van der Waals surface area (Å²) in [4.78, 5) is 26.1. The highest BCUT2D eigenvalue weighted by molar-refractivity contribution is 7.88. The molecule has 0 saturated carbocycles. The number of amides is 1. The number of nitrogens with one attached hydrogen (secondary N) is 1. The predicted molar refractivity (Wildman–Crippen MR) is 94.9 cm³/mol. The second-order valence-electron chi connectivity index (χ2n) is 6.85. The largest absolute Gasteiger partial charge is 0.348 e. The van der Waals surface area contributed by atoms with Gasteiger partial charge in [0, 0.05) is 37.9 Å². The minimum absolute atomic E-state index is 0.121. The summed E-state index contributed by atoms with van der Waals surface area (Å²) in [6.45, 7) is 1.36. The lowest BCUT2D eigenvalue weighted by molar-refractivity contribution is 0.0458. The molecule has 0 radical (unpaired) electrons. The van der Waals surface area contributed by atoms with Gasteiger partial charge in [0.15, 0.2) is 0 Å². The molecular weight excluding hydrogens is 354 g/mol. The summed E-state index contributed by atoms with van der Waals surface area (Å²) in [6.07, 6.45) is 6.15. The van der Waals surface area contributed by atoms with E-state index in [4.69, 9.17) is 0 Å². The van der Waals surface area contributed by atoms with Gasteiger partial charge in [-0.1, -0.05) is 6.07 Å². The van der Waals surface area contributed by atoms with E-state index in [0.717, 1.165) is 11.4 Å². The lowest BCUT2D eigenvalue weighted by Crippen LogP contribution is -2.58. The molecule has 8 nitrogen and oxygen atoms in total. The second-order valence-corrected chi connectivity index (χ2v) is 8.76. The normalized spacial score (nSPS) is 20.1. The van der Waals surface area contributed by atoms with E-state index in [-0.39, 0.29) is 5.91 Å². The first-order valence-corrected chi connectivity index (χ1v) is 10.5. The molecule has 0 aliphatic carbocycles. The van der Waals surface area contributed by atoms with E-state index in [2.05, 4.69) is 15.0 Å². The van der Waals surface area contributed by atoms with Crippen LogP contribution in [0.25, 0.3) is 0 Å². The Kier molecular flexibility index (Phi) is 4.07. The highest BCUT2D eigenvalue weighted by atomic mass is 32.2. The van der Waals surface area contributed by atoms with Crippen molar-refractivity contribution in [2.75, 3.05) is 25.9 Å². The average Bonchev–Trinajstić information content (AvgIpc) is 3.12. The maximum atomic E-state index is 12.7. The van der Waals surface area contributed by atoms with Crippen molar-refractivity contribution in [2.45, 2.75) is 24.8 Å². The number of aromatic amines is 1. The lowest BCUT2D eigenvalue weighted by atomic mass is 9.80. The number of likely N-dealkylation sites (tertiary alicyclic amines) is 1. The minimum Gasteiger partial charge on any atom is -0.348 e. The van der Waals surface area contributed by atoms with Crippen LogP contribution in [0.2, 0.25) is 0 Å². The smallest absolute Gasteiger partial charge is 0.272 e. The molecule has 0 atom stereocenters. The van der Waals surface area contributed by atoms with Gasteiger partial charge in [0.25, 0.3) is 5.91 Å². The standard InChI is InChI=1S/C17H21N5O3S/c1-26(24,25)22-9-5-13-15(20-12-19-13)17(22)6-10-21(11-7-17)16(23)14-4-2-3-8-18-14/h2-4,8,12H,5-7,9-11H2,1H3,(H,19,20). The molecule has 0 bridgehead atoms. The van der Waals surface area contributed by atoms with Crippen molar-refractivity contribution in [3.8, 4) is 0 Å². The van der Waals surface area contributed by atoms with Crippen LogP contribution in [-0.4, -0.2) is 64.4 Å². The maximum absolute atomic E-state index is 12.7. The number of imidazole rings is 1. The molecule has 4 rings (SSSR count). The quantitative estimate of drug-likeness (QED) is 0.835. The van der Waals surface area contributed by atoms with Crippen LogP contribution in [0.5, 0.6) is 0 Å². The summed E-state index contributed by atoms with van der Waals surface area (Å²) in [5.41, 5.74) is 1.53. The molecule has 0 aromatic carbocycles. The molecule has 1 spiro atoms. The molecule has 2 aliphatic heterocycles. The van der Waals surface area contributed by atoms with Crippen LogP contribution in [0.3, 0.4) is 0 Å². The molecule has 138 valence electrons. The molecule has 2 aliphatic rings. The first kappa shape index (κ1) is 17.2. The Hall–Kier alpha value is -2.26. The molecule has 2 aromatic heterocycles. The number of carbonyl (C=O) groups is 1. The van der Waals surface area contributed by atoms with Crippen LogP contribution in [0, 0.1) is 0 Å². The van der Waals surface area contributed by atoms with E-state index in [1.807, 2.05) is 0 Å². The number of pyridine rings is 1. The van der Waals surface area contributed by atoms with Crippen molar-refractivity contribution in [2.24, 2.45) is 0 Å². The monoisotopic (exact) mass is 375 g/mol. The fourth-order valence-electron chi connectivity index (χ4n) is 4.16. The molecular formula is C17H21N5O3S. The second kappa shape index (κ2) is 6.17. The summed E-state index contributed by atoms with van der Waals surface area (Å²) in [6, 6.07) is 5.25. The summed E-state index contributed by atoms with van der Waals surface area (Å²) in [5, 5.41) is 0. The van der Waals surface area contributed by atoms with Gasteiger partial charge in [-0.25, -0.2) is 13.4 Å². The molecule has 1 fully saturated rings. The minimum atomic E-state index is -3.38.